The lowest BCUT2D eigenvalue weighted by atomic mass is 9.86. The average Bonchev–Trinajstić information content (AvgIpc) is 2.55. The second-order valence-electron chi connectivity index (χ2n) is 6.32. The summed E-state index contributed by atoms with van der Waals surface area (Å²) in [5, 5.41) is 0. The van der Waals surface area contributed by atoms with Crippen LogP contribution in [-0.4, -0.2) is 43.8 Å². The van der Waals surface area contributed by atoms with Gasteiger partial charge in [-0.1, -0.05) is 0 Å². The molecule has 0 aromatic heterocycles. The Labute approximate surface area is 151 Å². The van der Waals surface area contributed by atoms with E-state index >= 15 is 0 Å². The van der Waals surface area contributed by atoms with Crippen molar-refractivity contribution in [3.8, 4) is 11.5 Å². The van der Waals surface area contributed by atoms with Crippen LogP contribution in [0.2, 0.25) is 0 Å². The van der Waals surface area contributed by atoms with Gasteiger partial charge in [-0.25, -0.2) is 4.79 Å². The van der Waals surface area contributed by atoms with E-state index in [-0.39, 0.29) is 11.3 Å². The van der Waals surface area contributed by atoms with E-state index in [0.717, 1.165) is 0 Å². The van der Waals surface area contributed by atoms with Crippen molar-refractivity contribution in [2.45, 2.75) is 45.5 Å². The predicted octanol–water partition coefficient (Wildman–Crippen LogP) is 2.19. The molecule has 0 unspecified atom stereocenters. The predicted molar refractivity (Wildman–Crippen MR) is 89.1 cm³/mol. The number of esters is 3. The molecular formula is C18H22O8. The third kappa shape index (κ3) is 3.58. The van der Waals surface area contributed by atoms with E-state index in [0.29, 0.717) is 11.3 Å². The summed E-state index contributed by atoms with van der Waals surface area (Å²) in [6, 6.07) is 3.06. The fourth-order valence-corrected chi connectivity index (χ4v) is 2.97. The zero-order chi connectivity index (χ0) is 19.6. The van der Waals surface area contributed by atoms with Gasteiger partial charge in [0.15, 0.2) is 12.2 Å². The van der Waals surface area contributed by atoms with E-state index in [1.54, 1.807) is 19.9 Å². The van der Waals surface area contributed by atoms with Gasteiger partial charge in [-0.3, -0.25) is 9.59 Å². The number of ether oxygens (including phenoxy) is 5. The van der Waals surface area contributed by atoms with Gasteiger partial charge < -0.3 is 23.7 Å². The summed E-state index contributed by atoms with van der Waals surface area (Å²) in [6.45, 7) is 5.91. The van der Waals surface area contributed by atoms with Gasteiger partial charge in [-0.15, -0.1) is 0 Å². The van der Waals surface area contributed by atoms with Gasteiger partial charge in [-0.05, 0) is 26.0 Å². The zero-order valence-electron chi connectivity index (χ0n) is 15.6. The quantitative estimate of drug-likeness (QED) is 0.591. The molecule has 0 saturated heterocycles. The first-order chi connectivity index (χ1) is 12.1. The van der Waals surface area contributed by atoms with Crippen LogP contribution in [0.1, 0.15) is 49.7 Å². The fourth-order valence-electron chi connectivity index (χ4n) is 2.97. The fraction of sp³-hybridized carbons (Fsp3) is 0.500. The number of rotatable bonds is 4. The lowest BCUT2D eigenvalue weighted by molar-refractivity contribution is -0.188. The van der Waals surface area contributed by atoms with Crippen LogP contribution in [0, 0.1) is 0 Å². The number of hydrogen-bond acceptors (Lipinski definition) is 8. The van der Waals surface area contributed by atoms with Gasteiger partial charge in [0, 0.05) is 13.8 Å². The molecule has 0 N–H and O–H groups in total. The van der Waals surface area contributed by atoms with Gasteiger partial charge in [0.1, 0.15) is 22.7 Å². The molecule has 26 heavy (non-hydrogen) atoms. The topological polar surface area (TPSA) is 97.4 Å². The van der Waals surface area contributed by atoms with Gasteiger partial charge >= 0.3 is 17.9 Å². The molecule has 0 saturated carbocycles. The van der Waals surface area contributed by atoms with E-state index < -0.39 is 35.7 Å². The van der Waals surface area contributed by atoms with Crippen molar-refractivity contribution in [3.63, 3.8) is 0 Å². The van der Waals surface area contributed by atoms with Crippen molar-refractivity contribution in [3.05, 3.63) is 23.3 Å². The molecule has 8 nitrogen and oxygen atoms in total. The van der Waals surface area contributed by atoms with Crippen LogP contribution in [0.25, 0.3) is 0 Å². The average molecular weight is 366 g/mol. The van der Waals surface area contributed by atoms with Crippen molar-refractivity contribution < 1.29 is 38.1 Å². The normalized spacial score (nSPS) is 20.2. The van der Waals surface area contributed by atoms with Crippen LogP contribution >= 0.6 is 0 Å². The molecule has 142 valence electrons. The molecular weight excluding hydrogens is 344 g/mol. The Kier molecular flexibility index (Phi) is 5.44. The summed E-state index contributed by atoms with van der Waals surface area (Å²) in [6.07, 6.45) is -1.96. The number of carbonyl (C=O) groups is 3. The largest absolute Gasteiger partial charge is 0.495 e. The molecule has 1 aliphatic rings. The van der Waals surface area contributed by atoms with E-state index in [1.807, 2.05) is 0 Å². The van der Waals surface area contributed by atoms with Crippen LogP contribution in [-0.2, 0) is 23.8 Å². The number of methoxy groups -OCH3 is 2. The Morgan fingerprint density at radius 1 is 1.04 bits per heavy atom. The molecule has 0 fully saturated rings. The van der Waals surface area contributed by atoms with Crippen molar-refractivity contribution in [2.24, 2.45) is 0 Å². The lowest BCUT2D eigenvalue weighted by Gasteiger charge is -2.43. The molecule has 0 aliphatic carbocycles. The molecule has 2 rings (SSSR count). The molecule has 8 heteroatoms. The first-order valence-corrected chi connectivity index (χ1v) is 7.95. The molecule has 1 aliphatic heterocycles. The molecule has 2 atom stereocenters. The Hall–Kier alpha value is -2.77. The van der Waals surface area contributed by atoms with Crippen molar-refractivity contribution in [1.29, 1.82) is 0 Å². The van der Waals surface area contributed by atoms with E-state index in [1.165, 1.54) is 34.1 Å². The van der Waals surface area contributed by atoms with Crippen LogP contribution in [0.3, 0.4) is 0 Å². The first-order valence-electron chi connectivity index (χ1n) is 7.95. The molecule has 0 radical (unpaired) electrons. The highest BCUT2D eigenvalue weighted by atomic mass is 16.6. The zero-order valence-corrected chi connectivity index (χ0v) is 15.6. The number of carbonyl (C=O) groups excluding carboxylic acids is 3. The second-order valence-corrected chi connectivity index (χ2v) is 6.32. The molecule has 0 spiro atoms. The van der Waals surface area contributed by atoms with Gasteiger partial charge in [-0.2, -0.15) is 0 Å². The molecule has 1 aromatic carbocycles. The van der Waals surface area contributed by atoms with Crippen LogP contribution in [0.4, 0.5) is 0 Å². The Morgan fingerprint density at radius 2 is 1.65 bits per heavy atom. The number of hydrogen-bond donors (Lipinski definition) is 0. The Balaban J connectivity index is 2.72. The van der Waals surface area contributed by atoms with Gasteiger partial charge in [0.2, 0.25) is 0 Å². The van der Waals surface area contributed by atoms with Crippen LogP contribution in [0.15, 0.2) is 12.1 Å². The smallest absolute Gasteiger partial charge is 0.341 e. The third-order valence-corrected chi connectivity index (χ3v) is 3.97. The minimum Gasteiger partial charge on any atom is -0.495 e. The highest BCUT2D eigenvalue weighted by Gasteiger charge is 2.50. The first kappa shape index (κ1) is 19.6. The van der Waals surface area contributed by atoms with E-state index in [4.69, 9.17) is 23.7 Å². The second kappa shape index (κ2) is 7.23. The van der Waals surface area contributed by atoms with Crippen molar-refractivity contribution >= 4 is 17.9 Å². The minimum absolute atomic E-state index is 0.133. The Morgan fingerprint density at radius 3 is 2.15 bits per heavy atom. The van der Waals surface area contributed by atoms with Crippen LogP contribution in [0.5, 0.6) is 11.5 Å². The lowest BCUT2D eigenvalue weighted by Crippen LogP contribution is -2.52. The molecule has 0 amide bonds. The van der Waals surface area contributed by atoms with Crippen molar-refractivity contribution in [2.75, 3.05) is 14.2 Å². The molecule has 1 heterocycles. The maximum Gasteiger partial charge on any atom is 0.341 e. The summed E-state index contributed by atoms with van der Waals surface area (Å²) in [4.78, 5) is 35.4. The highest BCUT2D eigenvalue weighted by Crippen LogP contribution is 2.48. The third-order valence-electron chi connectivity index (χ3n) is 3.97. The Bertz CT molecular complexity index is 737. The summed E-state index contributed by atoms with van der Waals surface area (Å²) >= 11 is 0. The molecule has 1 aromatic rings. The summed E-state index contributed by atoms with van der Waals surface area (Å²) < 4.78 is 26.9. The van der Waals surface area contributed by atoms with E-state index in [9.17, 15) is 14.4 Å². The standard InChI is InChI=1S/C18H22O8/c1-9(19)24-15-13-12(26-18(3,4)16(15)25-10(2)20)8-7-11(14(13)22-5)17(21)23-6/h7-8,15-16H,1-6H3/t15-,16-/m0/s1. The maximum atomic E-state index is 12.1. The highest BCUT2D eigenvalue weighted by molar-refractivity contribution is 5.93. The SMILES string of the molecule is COC(=O)c1ccc2c(c1OC)[C@H](OC(C)=O)[C@H](OC(C)=O)C(C)(C)O2. The summed E-state index contributed by atoms with van der Waals surface area (Å²) in [7, 11) is 2.61. The summed E-state index contributed by atoms with van der Waals surface area (Å²) in [5.41, 5.74) is -0.553. The van der Waals surface area contributed by atoms with Gasteiger partial charge in [0.25, 0.3) is 0 Å². The number of benzene rings is 1. The summed E-state index contributed by atoms with van der Waals surface area (Å²) in [5.74, 6) is -1.28. The monoisotopic (exact) mass is 366 g/mol. The van der Waals surface area contributed by atoms with Crippen LogP contribution < -0.4 is 9.47 Å². The minimum atomic E-state index is -1.02. The van der Waals surface area contributed by atoms with Crippen molar-refractivity contribution in [1.82, 2.24) is 0 Å². The van der Waals surface area contributed by atoms with E-state index in [2.05, 4.69) is 0 Å². The molecule has 0 bridgehead atoms. The maximum absolute atomic E-state index is 12.1. The number of fused-ring (bicyclic) bond motifs is 1. The van der Waals surface area contributed by atoms with Gasteiger partial charge in [0.05, 0.1) is 19.8 Å².